The first-order chi connectivity index (χ1) is 8.67. The molecule has 1 unspecified atom stereocenters. The van der Waals surface area contributed by atoms with Crippen LogP contribution in [0.2, 0.25) is 0 Å². The molecule has 0 aliphatic heterocycles. The fourth-order valence-corrected chi connectivity index (χ4v) is 2.89. The Hall–Kier alpha value is 0.220. The summed E-state index contributed by atoms with van der Waals surface area (Å²) in [7, 11) is -8.19. The highest BCUT2D eigenvalue weighted by Gasteiger charge is 2.27. The number of hydrogen-bond donors (Lipinski definition) is 6. The van der Waals surface area contributed by atoms with Crippen molar-refractivity contribution in [3.63, 3.8) is 0 Å². The van der Waals surface area contributed by atoms with Crippen molar-refractivity contribution < 1.29 is 28.7 Å². The summed E-state index contributed by atoms with van der Waals surface area (Å²) in [5, 5.41) is 0. The maximum absolute atomic E-state index is 11.2. The molecule has 1 atom stereocenters. The third-order valence-corrected chi connectivity index (χ3v) is 4.57. The minimum Gasteiger partial charge on any atom is -0.324 e. The summed E-state index contributed by atoms with van der Waals surface area (Å²) < 4.78 is 21.8. The van der Waals surface area contributed by atoms with E-state index in [4.69, 9.17) is 19.6 Å². The maximum Gasteiger partial charge on any atom is 0.343 e. The fraction of sp³-hybridized carbons (Fsp3) is 1.00. The number of nitrogens with one attached hydrogen (secondary N) is 2. The van der Waals surface area contributed by atoms with Crippen molar-refractivity contribution in [3.05, 3.63) is 0 Å². The molecule has 116 valence electrons. The monoisotopic (exact) mass is 318 g/mol. The van der Waals surface area contributed by atoms with Gasteiger partial charge in [-0.2, -0.15) is 0 Å². The number of hydrazine groups is 1. The van der Waals surface area contributed by atoms with Gasteiger partial charge in [-0.05, 0) is 19.3 Å². The van der Waals surface area contributed by atoms with Gasteiger partial charge in [0.25, 0.3) is 0 Å². The van der Waals surface area contributed by atoms with Crippen LogP contribution in [0.15, 0.2) is 0 Å². The normalized spacial score (nSPS) is 14.6. The van der Waals surface area contributed by atoms with Crippen molar-refractivity contribution in [1.29, 1.82) is 0 Å². The van der Waals surface area contributed by atoms with Crippen molar-refractivity contribution in [3.8, 4) is 0 Å². The molecule has 8 nitrogen and oxygen atoms in total. The van der Waals surface area contributed by atoms with Crippen LogP contribution >= 0.6 is 15.2 Å². The zero-order valence-corrected chi connectivity index (χ0v) is 12.8. The van der Waals surface area contributed by atoms with Gasteiger partial charge in [0.1, 0.15) is 5.78 Å². The maximum atomic E-state index is 11.2. The number of unbranched alkanes of at least 4 members (excludes halogenated alkanes) is 2. The Balaban J connectivity index is 3.94. The topological polar surface area (TPSA) is 139 Å². The molecule has 0 spiro atoms. The lowest BCUT2D eigenvalue weighted by atomic mass is 10.2. The fourth-order valence-electron chi connectivity index (χ4n) is 1.47. The van der Waals surface area contributed by atoms with E-state index in [1.165, 1.54) is 0 Å². The first kappa shape index (κ1) is 19.2. The van der Waals surface area contributed by atoms with Crippen LogP contribution in [0.25, 0.3) is 0 Å². The molecule has 10 heteroatoms. The Labute approximate surface area is 113 Å². The standard InChI is InChI=1S/C9H24N2O6P2/c1-2-7-10-11-9(19(15,16)17)6-4-3-5-8-18(12,13)14/h9-11H,2-8H2,1H3,(H2,12,13,14)(H2,15,16,17). The molecule has 0 radical (unpaired) electrons. The molecular formula is C9H24N2O6P2. The van der Waals surface area contributed by atoms with Crippen LogP contribution in [0.3, 0.4) is 0 Å². The molecular weight excluding hydrogens is 294 g/mol. The molecule has 0 aliphatic rings. The molecule has 0 amide bonds. The van der Waals surface area contributed by atoms with Crippen molar-refractivity contribution in [2.45, 2.75) is 44.8 Å². The van der Waals surface area contributed by atoms with Gasteiger partial charge in [-0.1, -0.05) is 19.8 Å². The molecule has 0 aromatic carbocycles. The highest BCUT2D eigenvalue weighted by Crippen LogP contribution is 2.42. The van der Waals surface area contributed by atoms with Gasteiger partial charge in [-0.15, -0.1) is 0 Å². The summed E-state index contributed by atoms with van der Waals surface area (Å²) in [6.07, 6.45) is 2.27. The molecule has 0 saturated heterocycles. The molecule has 0 saturated carbocycles. The van der Waals surface area contributed by atoms with Gasteiger partial charge in [-0.25, -0.2) is 5.43 Å². The number of hydrogen-bond acceptors (Lipinski definition) is 4. The lowest BCUT2D eigenvalue weighted by molar-refractivity contribution is 0.326. The lowest BCUT2D eigenvalue weighted by Crippen LogP contribution is -2.41. The van der Waals surface area contributed by atoms with Crippen LogP contribution < -0.4 is 10.9 Å². The van der Waals surface area contributed by atoms with Crippen LogP contribution in [0, 0.1) is 0 Å². The van der Waals surface area contributed by atoms with E-state index in [0.29, 0.717) is 25.8 Å². The zero-order chi connectivity index (χ0) is 14.9. The third-order valence-electron chi connectivity index (χ3n) is 2.48. The quantitative estimate of drug-likeness (QED) is 0.186. The summed E-state index contributed by atoms with van der Waals surface area (Å²) in [6.45, 7) is 2.54. The molecule has 0 bridgehead atoms. The highest BCUT2D eigenvalue weighted by molar-refractivity contribution is 7.52. The van der Waals surface area contributed by atoms with Gasteiger partial charge in [0, 0.05) is 12.7 Å². The van der Waals surface area contributed by atoms with Gasteiger partial charge >= 0.3 is 15.2 Å². The molecule has 0 aromatic rings. The second kappa shape index (κ2) is 9.21. The van der Waals surface area contributed by atoms with E-state index >= 15 is 0 Å². The van der Waals surface area contributed by atoms with Crippen molar-refractivity contribution >= 4 is 15.2 Å². The molecule has 19 heavy (non-hydrogen) atoms. The summed E-state index contributed by atoms with van der Waals surface area (Å²) in [6, 6.07) is 0. The molecule has 0 fully saturated rings. The Morgan fingerprint density at radius 3 is 2.16 bits per heavy atom. The molecule has 0 aliphatic carbocycles. The molecule has 0 aromatic heterocycles. The average molecular weight is 318 g/mol. The second-order valence-electron chi connectivity index (χ2n) is 4.41. The molecule has 0 heterocycles. The van der Waals surface area contributed by atoms with Gasteiger partial charge in [0.15, 0.2) is 0 Å². The summed E-state index contributed by atoms with van der Waals surface area (Å²) in [5.41, 5.74) is 5.34. The van der Waals surface area contributed by atoms with E-state index in [0.717, 1.165) is 6.42 Å². The Kier molecular flexibility index (Phi) is 9.32. The summed E-state index contributed by atoms with van der Waals surface area (Å²) in [4.78, 5) is 35.6. The van der Waals surface area contributed by atoms with Crippen molar-refractivity contribution in [1.82, 2.24) is 10.9 Å². The van der Waals surface area contributed by atoms with E-state index in [1.54, 1.807) is 0 Å². The van der Waals surface area contributed by atoms with E-state index in [9.17, 15) is 9.13 Å². The first-order valence-electron chi connectivity index (χ1n) is 6.25. The second-order valence-corrected chi connectivity index (χ2v) is 7.99. The SMILES string of the molecule is CCCNNC(CCCCCP(=O)(O)O)P(=O)(O)O. The number of rotatable bonds is 11. The Bertz CT molecular complexity index is 329. The van der Waals surface area contributed by atoms with Crippen molar-refractivity contribution in [2.75, 3.05) is 12.7 Å². The van der Waals surface area contributed by atoms with Crippen LogP contribution in [-0.2, 0) is 9.13 Å². The van der Waals surface area contributed by atoms with E-state index in [2.05, 4.69) is 10.9 Å². The van der Waals surface area contributed by atoms with Gasteiger partial charge in [0.2, 0.25) is 0 Å². The molecule has 0 rings (SSSR count). The largest absolute Gasteiger partial charge is 0.343 e. The molecule has 6 N–H and O–H groups in total. The summed E-state index contributed by atoms with van der Waals surface area (Å²) >= 11 is 0. The van der Waals surface area contributed by atoms with Crippen LogP contribution in [0.4, 0.5) is 0 Å². The van der Waals surface area contributed by atoms with Crippen molar-refractivity contribution in [2.24, 2.45) is 0 Å². The zero-order valence-electron chi connectivity index (χ0n) is 11.0. The minimum atomic E-state index is -4.22. The van der Waals surface area contributed by atoms with Crippen LogP contribution in [-0.4, -0.2) is 38.1 Å². The lowest BCUT2D eigenvalue weighted by Gasteiger charge is -2.20. The van der Waals surface area contributed by atoms with Crippen LogP contribution in [0.1, 0.15) is 39.0 Å². The highest BCUT2D eigenvalue weighted by atomic mass is 31.2. The van der Waals surface area contributed by atoms with Gasteiger partial charge in [-0.3, -0.25) is 14.6 Å². The Morgan fingerprint density at radius 2 is 1.68 bits per heavy atom. The smallest absolute Gasteiger partial charge is 0.324 e. The van der Waals surface area contributed by atoms with Gasteiger partial charge in [0.05, 0.1) is 0 Å². The first-order valence-corrected chi connectivity index (χ1v) is 9.73. The predicted octanol–water partition coefficient (Wildman–Crippen LogP) is 0.732. The average Bonchev–Trinajstić information content (AvgIpc) is 2.23. The predicted molar refractivity (Wildman–Crippen MR) is 72.6 cm³/mol. The summed E-state index contributed by atoms with van der Waals surface area (Å²) in [5.74, 6) is -0.964. The van der Waals surface area contributed by atoms with E-state index < -0.39 is 21.0 Å². The van der Waals surface area contributed by atoms with E-state index in [1.807, 2.05) is 6.92 Å². The minimum absolute atomic E-state index is 0.185. The van der Waals surface area contributed by atoms with Crippen LogP contribution in [0.5, 0.6) is 0 Å². The third kappa shape index (κ3) is 11.7. The van der Waals surface area contributed by atoms with E-state index in [-0.39, 0.29) is 12.6 Å². The Morgan fingerprint density at radius 1 is 1.05 bits per heavy atom. The van der Waals surface area contributed by atoms with Gasteiger partial charge < -0.3 is 19.6 Å².